The summed E-state index contributed by atoms with van der Waals surface area (Å²) in [6.45, 7) is 3.92. The Balaban J connectivity index is 2.71. The van der Waals surface area contributed by atoms with Crippen LogP contribution in [0.25, 0.3) is 0 Å². The Kier molecular flexibility index (Phi) is 6.31. The van der Waals surface area contributed by atoms with Crippen LogP contribution in [-0.4, -0.2) is 24.7 Å². The topological polar surface area (TPSA) is 91.0 Å². The Labute approximate surface area is 113 Å². The van der Waals surface area contributed by atoms with E-state index in [0.29, 0.717) is 17.0 Å². The zero-order valence-corrected chi connectivity index (χ0v) is 12.1. The minimum Gasteiger partial charge on any atom is -0.479 e. The van der Waals surface area contributed by atoms with Crippen LogP contribution in [0.1, 0.15) is 19.4 Å². The van der Waals surface area contributed by atoms with Gasteiger partial charge in [-0.2, -0.15) is 0 Å². The number of aliphatic hydroxyl groups is 1. The molecule has 0 aliphatic heterocycles. The SMILES string of the molecule is CCOP(=O)(COc1ccc(CO)cc1N)OCC. The van der Waals surface area contributed by atoms with Crippen molar-refractivity contribution in [1.29, 1.82) is 0 Å². The van der Waals surface area contributed by atoms with Crippen molar-refractivity contribution >= 4 is 13.3 Å². The Morgan fingerprint density at radius 1 is 1.26 bits per heavy atom. The number of benzene rings is 1. The molecule has 1 rings (SSSR count). The highest BCUT2D eigenvalue weighted by molar-refractivity contribution is 7.53. The van der Waals surface area contributed by atoms with Gasteiger partial charge in [-0.25, -0.2) is 0 Å². The molecule has 0 radical (unpaired) electrons. The van der Waals surface area contributed by atoms with Gasteiger partial charge in [0.2, 0.25) is 0 Å². The number of hydrogen-bond acceptors (Lipinski definition) is 6. The Morgan fingerprint density at radius 3 is 2.37 bits per heavy atom. The van der Waals surface area contributed by atoms with E-state index in [4.69, 9.17) is 24.6 Å². The lowest BCUT2D eigenvalue weighted by Gasteiger charge is -2.18. The van der Waals surface area contributed by atoms with Gasteiger partial charge in [-0.1, -0.05) is 6.07 Å². The minimum atomic E-state index is -3.25. The summed E-state index contributed by atoms with van der Waals surface area (Å²) in [6, 6.07) is 4.89. The number of hydrogen-bond donors (Lipinski definition) is 2. The van der Waals surface area contributed by atoms with Crippen LogP contribution < -0.4 is 10.5 Å². The molecule has 0 aliphatic carbocycles. The maximum Gasteiger partial charge on any atom is 0.367 e. The molecule has 6 nitrogen and oxygen atoms in total. The maximum atomic E-state index is 12.2. The zero-order chi connectivity index (χ0) is 14.3. The summed E-state index contributed by atoms with van der Waals surface area (Å²) in [5.74, 6) is 0.386. The second kappa shape index (κ2) is 7.50. The summed E-state index contributed by atoms with van der Waals surface area (Å²) in [5, 5.41) is 8.97. The standard InChI is InChI=1S/C12H20NO5P/c1-3-17-19(15,18-4-2)9-16-12-6-5-10(8-14)7-11(12)13/h5-7,14H,3-4,8-9,13H2,1-2H3. The van der Waals surface area contributed by atoms with E-state index in [1.807, 2.05) is 0 Å². The molecule has 0 bridgehead atoms. The van der Waals surface area contributed by atoms with E-state index < -0.39 is 7.60 Å². The fraction of sp³-hybridized carbons (Fsp3) is 0.500. The maximum absolute atomic E-state index is 12.2. The van der Waals surface area contributed by atoms with Gasteiger partial charge in [-0.05, 0) is 31.5 Å². The van der Waals surface area contributed by atoms with Crippen molar-refractivity contribution in [3.63, 3.8) is 0 Å². The van der Waals surface area contributed by atoms with Crippen LogP contribution in [0.5, 0.6) is 5.75 Å². The molecule has 0 saturated heterocycles. The van der Waals surface area contributed by atoms with Crippen molar-refractivity contribution < 1.29 is 23.5 Å². The van der Waals surface area contributed by atoms with Gasteiger partial charge in [0.1, 0.15) is 5.75 Å². The average Bonchev–Trinajstić information content (AvgIpc) is 2.38. The fourth-order valence-electron chi connectivity index (χ4n) is 1.48. The van der Waals surface area contributed by atoms with E-state index in [9.17, 15) is 4.57 Å². The van der Waals surface area contributed by atoms with Crippen LogP contribution in [-0.2, 0) is 20.2 Å². The number of ether oxygens (including phenoxy) is 1. The van der Waals surface area contributed by atoms with Crippen molar-refractivity contribution in [2.75, 3.05) is 25.3 Å². The Morgan fingerprint density at radius 2 is 1.89 bits per heavy atom. The number of aliphatic hydroxyl groups excluding tert-OH is 1. The third kappa shape index (κ3) is 4.84. The third-order valence-corrected chi connectivity index (χ3v) is 4.04. The smallest absolute Gasteiger partial charge is 0.367 e. The van der Waals surface area contributed by atoms with Crippen LogP contribution in [0.2, 0.25) is 0 Å². The van der Waals surface area contributed by atoms with Crippen molar-refractivity contribution in [1.82, 2.24) is 0 Å². The van der Waals surface area contributed by atoms with Gasteiger partial charge in [0.25, 0.3) is 0 Å². The highest BCUT2D eigenvalue weighted by atomic mass is 31.2. The van der Waals surface area contributed by atoms with Gasteiger partial charge in [-0.3, -0.25) is 4.57 Å². The molecule has 0 atom stereocenters. The van der Waals surface area contributed by atoms with Crippen LogP contribution >= 0.6 is 7.60 Å². The van der Waals surface area contributed by atoms with E-state index in [0.717, 1.165) is 0 Å². The molecular weight excluding hydrogens is 269 g/mol. The van der Waals surface area contributed by atoms with E-state index in [-0.39, 0.29) is 26.2 Å². The van der Waals surface area contributed by atoms with Gasteiger partial charge in [0.15, 0.2) is 6.35 Å². The lowest BCUT2D eigenvalue weighted by atomic mass is 10.2. The summed E-state index contributed by atoms with van der Waals surface area (Å²) >= 11 is 0. The van der Waals surface area contributed by atoms with E-state index in [1.165, 1.54) is 0 Å². The lowest BCUT2D eigenvalue weighted by molar-refractivity contribution is 0.197. The molecule has 1 aromatic rings. The molecule has 0 spiro atoms. The van der Waals surface area contributed by atoms with Crippen LogP contribution in [0.4, 0.5) is 5.69 Å². The largest absolute Gasteiger partial charge is 0.479 e. The van der Waals surface area contributed by atoms with Crippen LogP contribution in [0.15, 0.2) is 18.2 Å². The fourth-order valence-corrected chi connectivity index (χ4v) is 2.79. The molecule has 3 N–H and O–H groups in total. The number of rotatable bonds is 8. The molecule has 7 heteroatoms. The highest BCUT2D eigenvalue weighted by Gasteiger charge is 2.25. The first-order valence-electron chi connectivity index (χ1n) is 6.04. The van der Waals surface area contributed by atoms with Crippen molar-refractivity contribution in [3.8, 4) is 5.75 Å². The predicted octanol–water partition coefficient (Wildman–Crippen LogP) is 2.36. The second-order valence-electron chi connectivity index (χ2n) is 3.75. The second-order valence-corrected chi connectivity index (χ2v) is 5.75. The summed E-state index contributed by atoms with van der Waals surface area (Å²) in [4.78, 5) is 0. The van der Waals surface area contributed by atoms with Crippen molar-refractivity contribution in [3.05, 3.63) is 23.8 Å². The normalized spacial score (nSPS) is 11.5. The molecule has 0 aromatic heterocycles. The first-order valence-corrected chi connectivity index (χ1v) is 7.77. The molecule has 1 aromatic carbocycles. The first kappa shape index (κ1) is 16.0. The molecular formula is C12H20NO5P. The number of anilines is 1. The van der Waals surface area contributed by atoms with Crippen LogP contribution in [0, 0.1) is 0 Å². The Bertz CT molecular complexity index is 442. The quantitative estimate of drug-likeness (QED) is 0.564. The van der Waals surface area contributed by atoms with Gasteiger partial charge in [0.05, 0.1) is 25.5 Å². The molecule has 19 heavy (non-hydrogen) atoms. The van der Waals surface area contributed by atoms with Gasteiger partial charge < -0.3 is 24.6 Å². The van der Waals surface area contributed by atoms with Gasteiger partial charge in [-0.15, -0.1) is 0 Å². The third-order valence-electron chi connectivity index (χ3n) is 2.29. The van der Waals surface area contributed by atoms with Gasteiger partial charge in [0, 0.05) is 0 Å². The Hall–Kier alpha value is -1.07. The predicted molar refractivity (Wildman–Crippen MR) is 73.1 cm³/mol. The highest BCUT2D eigenvalue weighted by Crippen LogP contribution is 2.48. The van der Waals surface area contributed by atoms with E-state index in [2.05, 4.69) is 0 Å². The van der Waals surface area contributed by atoms with Gasteiger partial charge >= 0.3 is 7.60 Å². The summed E-state index contributed by atoms with van der Waals surface area (Å²) in [6.07, 6.45) is -0.197. The minimum absolute atomic E-state index is 0.0964. The van der Waals surface area contributed by atoms with Crippen molar-refractivity contribution in [2.24, 2.45) is 0 Å². The van der Waals surface area contributed by atoms with E-state index >= 15 is 0 Å². The molecule has 0 saturated carbocycles. The molecule has 0 heterocycles. The molecule has 108 valence electrons. The van der Waals surface area contributed by atoms with E-state index in [1.54, 1.807) is 32.0 Å². The number of nitrogens with two attached hydrogens (primary N) is 1. The van der Waals surface area contributed by atoms with Crippen LogP contribution in [0.3, 0.4) is 0 Å². The molecule has 0 amide bonds. The lowest BCUT2D eigenvalue weighted by Crippen LogP contribution is -2.07. The summed E-state index contributed by atoms with van der Waals surface area (Å²) in [7, 11) is -3.25. The molecule has 0 aliphatic rings. The average molecular weight is 289 g/mol. The monoisotopic (exact) mass is 289 g/mol. The molecule has 0 unspecified atom stereocenters. The van der Waals surface area contributed by atoms with Crippen molar-refractivity contribution in [2.45, 2.75) is 20.5 Å². The summed E-state index contributed by atoms with van der Waals surface area (Å²) in [5.41, 5.74) is 6.82. The summed E-state index contributed by atoms with van der Waals surface area (Å²) < 4.78 is 27.8. The number of nitrogen functional groups attached to an aromatic ring is 1. The first-order chi connectivity index (χ1) is 9.04. The molecule has 0 fully saturated rings. The zero-order valence-electron chi connectivity index (χ0n) is 11.2.